The summed E-state index contributed by atoms with van der Waals surface area (Å²) in [7, 11) is 0. The number of halogens is 2. The van der Waals surface area contributed by atoms with Gasteiger partial charge in [0.2, 0.25) is 0 Å². The van der Waals surface area contributed by atoms with Crippen LogP contribution in [-0.2, 0) is 20.0 Å². The monoisotopic (exact) mass is 494 g/mol. The first-order valence-corrected chi connectivity index (χ1v) is 18.6. The molecule has 2 rings (SSSR count). The number of hydrogen-bond acceptors (Lipinski definition) is 0. The molecular formula is C18H28Cl2Hf-2. The van der Waals surface area contributed by atoms with Gasteiger partial charge >= 0.3 is 124 Å². The molecule has 0 radical (unpaired) electrons. The molecule has 0 atom stereocenters. The molecule has 3 heteroatoms. The van der Waals surface area contributed by atoms with E-state index in [1.807, 2.05) is 0 Å². The molecule has 0 aromatic carbocycles. The van der Waals surface area contributed by atoms with E-state index in [0.29, 0.717) is 6.34 Å². The Morgan fingerprint density at radius 1 is 0.667 bits per heavy atom. The van der Waals surface area contributed by atoms with Gasteiger partial charge in [-0.15, -0.1) is 0 Å². The molecule has 0 amide bonds. The summed E-state index contributed by atoms with van der Waals surface area (Å²) in [6.45, 7) is 4.66. The molecule has 0 fully saturated rings. The molecule has 0 spiro atoms. The van der Waals surface area contributed by atoms with Crippen LogP contribution in [0.2, 0.25) is 15.7 Å². The standard InChI is InChI=1S/2C8H11.2CH3.2ClH.Hf/c2*1-2-5-8-6-3-4-7-8;;;;;/h2*3-4,6-7H,2,5H2,1H3;2*1H3;2*1H;/p-2. The van der Waals surface area contributed by atoms with E-state index in [0.717, 1.165) is 0 Å². The molecule has 0 saturated heterocycles. The maximum atomic E-state index is 2.68. The molecule has 2 aliphatic rings. The van der Waals surface area contributed by atoms with Crippen molar-refractivity contribution in [3.8, 4) is 0 Å². The van der Waals surface area contributed by atoms with Crippen molar-refractivity contribution in [3.05, 3.63) is 48.6 Å². The Morgan fingerprint density at radius 3 is 1.19 bits per heavy atom. The number of hydrogen-bond donors (Lipinski definition) is 0. The Balaban J connectivity index is 0.00000200. The van der Waals surface area contributed by atoms with Crippen LogP contribution in [0, 0.1) is 0 Å². The van der Waals surface area contributed by atoms with Gasteiger partial charge in [-0.25, -0.2) is 0 Å². The van der Waals surface area contributed by atoms with Crippen molar-refractivity contribution in [2.24, 2.45) is 0 Å². The van der Waals surface area contributed by atoms with Crippen LogP contribution < -0.4 is 24.8 Å². The van der Waals surface area contributed by atoms with E-state index in [1.54, 1.807) is 0 Å². The fraction of sp³-hybridized carbons (Fsp3) is 0.556. The Hall–Kier alpha value is 0.410. The smallest absolute Gasteiger partial charge is 1.00 e. The van der Waals surface area contributed by atoms with Crippen LogP contribution in [0.4, 0.5) is 0 Å². The van der Waals surface area contributed by atoms with Crippen molar-refractivity contribution in [1.29, 1.82) is 0 Å². The summed E-state index contributed by atoms with van der Waals surface area (Å²) < 4.78 is 6.21. The van der Waals surface area contributed by atoms with Crippen LogP contribution in [-0.4, -0.2) is 0 Å². The third-order valence-electron chi connectivity index (χ3n) is 5.45. The largest absolute Gasteiger partial charge is 1.00 e. The topological polar surface area (TPSA) is 0 Å². The van der Waals surface area contributed by atoms with Crippen molar-refractivity contribution < 1.29 is 44.8 Å². The number of allylic oxidation sites excluding steroid dienone is 8. The maximum absolute atomic E-state index is 2.68. The van der Waals surface area contributed by atoms with Crippen molar-refractivity contribution in [3.63, 3.8) is 0 Å². The summed E-state index contributed by atoms with van der Waals surface area (Å²) in [4.78, 5) is 0. The number of rotatable bonds is 6. The molecule has 0 saturated carbocycles. The fourth-order valence-corrected chi connectivity index (χ4v) is 20.8. The molecule has 0 nitrogen and oxygen atoms in total. The van der Waals surface area contributed by atoms with Crippen LogP contribution in [0.1, 0.15) is 39.5 Å². The molecule has 2 aliphatic carbocycles. The second-order valence-corrected chi connectivity index (χ2v) is 25.0. The molecule has 0 aliphatic heterocycles. The van der Waals surface area contributed by atoms with Gasteiger partial charge in [0, 0.05) is 0 Å². The average Bonchev–Trinajstić information content (AvgIpc) is 3.00. The fourth-order valence-electron chi connectivity index (χ4n) is 4.07. The SMILES string of the molecule is CCC[C]1([Hf]([CH3])([CH3])[C]2(CCC)C=CC=C2)C=CC=C1.[Cl-].[Cl-]. The molecule has 0 N–H and O–H groups in total. The second-order valence-electron chi connectivity index (χ2n) is 6.64. The van der Waals surface area contributed by atoms with Crippen LogP contribution in [0.3, 0.4) is 0 Å². The zero-order valence-electron chi connectivity index (χ0n) is 13.7. The van der Waals surface area contributed by atoms with E-state index in [1.165, 1.54) is 25.7 Å². The van der Waals surface area contributed by atoms with Gasteiger partial charge in [-0.05, 0) is 0 Å². The van der Waals surface area contributed by atoms with Gasteiger partial charge < -0.3 is 24.8 Å². The van der Waals surface area contributed by atoms with E-state index in [-0.39, 0.29) is 24.8 Å². The van der Waals surface area contributed by atoms with Crippen molar-refractivity contribution >= 4 is 0 Å². The normalized spacial score (nSPS) is 20.4. The zero-order chi connectivity index (χ0) is 14.0. The zero-order valence-corrected chi connectivity index (χ0v) is 18.8. The molecule has 0 heterocycles. The van der Waals surface area contributed by atoms with E-state index in [2.05, 4.69) is 71.8 Å². The summed E-state index contributed by atoms with van der Waals surface area (Å²) in [6, 6.07) is 0. The molecule has 0 aromatic heterocycles. The van der Waals surface area contributed by atoms with Crippen molar-refractivity contribution in [2.75, 3.05) is 0 Å². The van der Waals surface area contributed by atoms with Gasteiger partial charge in [-0.1, -0.05) is 0 Å². The summed E-state index contributed by atoms with van der Waals surface area (Å²) in [5.41, 5.74) is 0. The predicted molar refractivity (Wildman–Crippen MR) is 83.5 cm³/mol. The Kier molecular flexibility index (Phi) is 8.48. The van der Waals surface area contributed by atoms with Gasteiger partial charge in [-0.3, -0.25) is 0 Å². The summed E-state index contributed by atoms with van der Waals surface area (Å²) >= 11 is -2.57. The Bertz CT molecular complexity index is 380. The molecule has 0 bridgehead atoms. The van der Waals surface area contributed by atoms with Gasteiger partial charge in [0.25, 0.3) is 0 Å². The Morgan fingerprint density at radius 2 is 0.952 bits per heavy atom. The molecule has 120 valence electrons. The summed E-state index contributed by atoms with van der Waals surface area (Å²) in [6.07, 6.45) is 24.6. The van der Waals surface area contributed by atoms with Crippen molar-refractivity contribution in [2.45, 2.75) is 55.2 Å². The van der Waals surface area contributed by atoms with Crippen molar-refractivity contribution in [1.82, 2.24) is 0 Å². The second kappa shape index (κ2) is 8.32. The van der Waals surface area contributed by atoms with Crippen LogP contribution in [0.5, 0.6) is 0 Å². The maximum Gasteiger partial charge on any atom is -1.00 e. The van der Waals surface area contributed by atoms with Gasteiger partial charge in [0.05, 0.1) is 0 Å². The van der Waals surface area contributed by atoms with Crippen LogP contribution >= 0.6 is 0 Å². The quantitative estimate of drug-likeness (QED) is 0.471. The van der Waals surface area contributed by atoms with E-state index >= 15 is 0 Å². The van der Waals surface area contributed by atoms with Crippen LogP contribution in [0.15, 0.2) is 48.6 Å². The molecule has 0 unspecified atom stereocenters. The summed E-state index contributed by atoms with van der Waals surface area (Å²) in [5.74, 6) is 0. The van der Waals surface area contributed by atoms with Crippen LogP contribution in [0.25, 0.3) is 0 Å². The average molecular weight is 494 g/mol. The van der Waals surface area contributed by atoms with Gasteiger partial charge in [0.15, 0.2) is 0 Å². The molecular weight excluding hydrogens is 466 g/mol. The first-order valence-electron chi connectivity index (χ1n) is 7.78. The summed E-state index contributed by atoms with van der Waals surface area (Å²) in [5, 5.41) is 0. The third kappa shape index (κ3) is 3.51. The minimum Gasteiger partial charge on any atom is -1.00 e. The minimum absolute atomic E-state index is 0. The molecule has 0 aromatic rings. The first kappa shape index (κ1) is 21.4. The van der Waals surface area contributed by atoms with E-state index in [9.17, 15) is 0 Å². The van der Waals surface area contributed by atoms with Gasteiger partial charge in [-0.2, -0.15) is 0 Å². The predicted octanol–water partition coefficient (Wildman–Crippen LogP) is 0.414. The van der Waals surface area contributed by atoms with E-state index < -0.39 is 20.0 Å². The minimum atomic E-state index is -2.57. The molecule has 21 heavy (non-hydrogen) atoms. The third-order valence-corrected chi connectivity index (χ3v) is 26.4. The first-order chi connectivity index (χ1) is 9.04. The van der Waals surface area contributed by atoms with Gasteiger partial charge in [0.1, 0.15) is 0 Å². The van der Waals surface area contributed by atoms with E-state index in [4.69, 9.17) is 0 Å². The Labute approximate surface area is 148 Å².